The summed E-state index contributed by atoms with van der Waals surface area (Å²) in [6.45, 7) is 0.412. The van der Waals surface area contributed by atoms with Gasteiger partial charge in [-0.3, -0.25) is 4.79 Å². The van der Waals surface area contributed by atoms with Crippen molar-refractivity contribution in [1.29, 1.82) is 0 Å². The highest BCUT2D eigenvalue weighted by molar-refractivity contribution is 9.10. The van der Waals surface area contributed by atoms with Gasteiger partial charge in [-0.2, -0.15) is 0 Å². The van der Waals surface area contributed by atoms with Gasteiger partial charge in [0.1, 0.15) is 11.6 Å². The lowest BCUT2D eigenvalue weighted by atomic mass is 10.2. The lowest BCUT2D eigenvalue weighted by Gasteiger charge is -2.07. The van der Waals surface area contributed by atoms with Crippen LogP contribution in [0.5, 0.6) is 5.75 Å². The first-order valence-electron chi connectivity index (χ1n) is 6.00. The summed E-state index contributed by atoms with van der Waals surface area (Å²) in [5.41, 5.74) is 6.52. The molecule has 0 aliphatic heterocycles. The first-order chi connectivity index (χ1) is 9.67. The summed E-state index contributed by atoms with van der Waals surface area (Å²) in [6.07, 6.45) is 1.61. The Hall–Kier alpha value is -1.92. The van der Waals surface area contributed by atoms with Crippen molar-refractivity contribution in [2.45, 2.75) is 6.54 Å². The third-order valence-electron chi connectivity index (χ3n) is 2.52. The first kappa shape index (κ1) is 14.5. The van der Waals surface area contributed by atoms with Gasteiger partial charge in [0.2, 0.25) is 0 Å². The van der Waals surface area contributed by atoms with Gasteiger partial charge in [-0.15, -0.1) is 0 Å². The SMILES string of the molecule is NCc1ccc(OCC(=O)Nc2ccc(Br)cn2)cc1. The van der Waals surface area contributed by atoms with Gasteiger partial charge in [0.05, 0.1) is 0 Å². The maximum atomic E-state index is 11.7. The van der Waals surface area contributed by atoms with Crippen LogP contribution in [0.1, 0.15) is 5.56 Å². The second kappa shape index (κ2) is 7.02. The summed E-state index contributed by atoms with van der Waals surface area (Å²) in [5, 5.41) is 2.65. The van der Waals surface area contributed by atoms with Crippen LogP contribution in [0.15, 0.2) is 47.1 Å². The molecular weight excluding hydrogens is 322 g/mol. The van der Waals surface area contributed by atoms with E-state index < -0.39 is 0 Å². The molecule has 0 bridgehead atoms. The summed E-state index contributed by atoms with van der Waals surface area (Å²) in [6, 6.07) is 10.8. The molecule has 5 nitrogen and oxygen atoms in total. The van der Waals surface area contributed by atoms with Crippen LogP contribution in [0, 0.1) is 0 Å². The van der Waals surface area contributed by atoms with Gasteiger partial charge in [0, 0.05) is 17.2 Å². The smallest absolute Gasteiger partial charge is 0.263 e. The highest BCUT2D eigenvalue weighted by atomic mass is 79.9. The zero-order valence-corrected chi connectivity index (χ0v) is 12.3. The molecule has 1 aromatic carbocycles. The predicted octanol–water partition coefficient (Wildman–Crippen LogP) is 2.32. The summed E-state index contributed by atoms with van der Waals surface area (Å²) in [7, 11) is 0. The van der Waals surface area contributed by atoms with Crippen molar-refractivity contribution < 1.29 is 9.53 Å². The van der Waals surface area contributed by atoms with E-state index in [-0.39, 0.29) is 12.5 Å². The fourth-order valence-corrected chi connectivity index (χ4v) is 1.73. The van der Waals surface area contributed by atoms with Crippen molar-refractivity contribution in [2.24, 2.45) is 5.73 Å². The van der Waals surface area contributed by atoms with E-state index in [1.54, 1.807) is 30.5 Å². The number of halogens is 1. The van der Waals surface area contributed by atoms with Crippen molar-refractivity contribution in [3.63, 3.8) is 0 Å². The molecule has 0 aliphatic carbocycles. The average molecular weight is 336 g/mol. The van der Waals surface area contributed by atoms with Crippen LogP contribution in [0.3, 0.4) is 0 Å². The van der Waals surface area contributed by atoms with E-state index in [4.69, 9.17) is 10.5 Å². The molecule has 0 spiro atoms. The Morgan fingerprint density at radius 3 is 2.60 bits per heavy atom. The number of nitrogens with two attached hydrogens (primary N) is 1. The Morgan fingerprint density at radius 1 is 1.25 bits per heavy atom. The lowest BCUT2D eigenvalue weighted by Crippen LogP contribution is -2.20. The van der Waals surface area contributed by atoms with E-state index in [0.717, 1.165) is 10.0 Å². The summed E-state index contributed by atoms with van der Waals surface area (Å²) < 4.78 is 6.23. The van der Waals surface area contributed by atoms with Crippen molar-refractivity contribution in [2.75, 3.05) is 11.9 Å². The number of rotatable bonds is 5. The van der Waals surface area contributed by atoms with Crippen molar-refractivity contribution in [3.05, 3.63) is 52.6 Å². The normalized spacial score (nSPS) is 10.1. The number of amides is 1. The van der Waals surface area contributed by atoms with E-state index in [1.807, 2.05) is 12.1 Å². The molecule has 0 fully saturated rings. The van der Waals surface area contributed by atoms with Crippen LogP contribution in [-0.4, -0.2) is 17.5 Å². The number of nitrogens with zero attached hydrogens (tertiary/aromatic N) is 1. The summed E-state index contributed by atoms with van der Waals surface area (Å²) in [4.78, 5) is 15.7. The highest BCUT2D eigenvalue weighted by Gasteiger charge is 2.04. The summed E-state index contributed by atoms with van der Waals surface area (Å²) >= 11 is 3.28. The molecule has 0 unspecified atom stereocenters. The van der Waals surface area contributed by atoms with Crippen LogP contribution >= 0.6 is 15.9 Å². The van der Waals surface area contributed by atoms with Crippen LogP contribution in [0.4, 0.5) is 5.82 Å². The third kappa shape index (κ3) is 4.32. The standard InChI is InChI=1S/C14H14BrN3O2/c15-11-3-6-13(17-8-11)18-14(19)9-20-12-4-1-10(7-16)2-5-12/h1-6,8H,7,9,16H2,(H,17,18,19). The van der Waals surface area contributed by atoms with Crippen molar-refractivity contribution in [3.8, 4) is 5.75 Å². The number of anilines is 1. The molecule has 20 heavy (non-hydrogen) atoms. The quantitative estimate of drug-likeness (QED) is 0.878. The Balaban J connectivity index is 1.83. The fraction of sp³-hybridized carbons (Fsp3) is 0.143. The number of aromatic nitrogens is 1. The maximum Gasteiger partial charge on any atom is 0.263 e. The number of hydrogen-bond donors (Lipinski definition) is 2. The minimum Gasteiger partial charge on any atom is -0.484 e. The molecule has 0 atom stereocenters. The molecule has 0 saturated carbocycles. The Labute approximate surface area is 125 Å². The highest BCUT2D eigenvalue weighted by Crippen LogP contribution is 2.12. The van der Waals surface area contributed by atoms with E-state index in [1.165, 1.54) is 0 Å². The largest absolute Gasteiger partial charge is 0.484 e. The van der Waals surface area contributed by atoms with Crippen molar-refractivity contribution in [1.82, 2.24) is 4.98 Å². The second-order valence-corrected chi connectivity index (χ2v) is 4.96. The molecule has 6 heteroatoms. The molecule has 2 aromatic rings. The molecule has 1 aromatic heterocycles. The number of ether oxygens (including phenoxy) is 1. The van der Waals surface area contributed by atoms with Crippen LogP contribution in [-0.2, 0) is 11.3 Å². The van der Waals surface area contributed by atoms with E-state index in [0.29, 0.717) is 18.1 Å². The van der Waals surface area contributed by atoms with Gasteiger partial charge in [-0.1, -0.05) is 12.1 Å². The summed E-state index contributed by atoms with van der Waals surface area (Å²) in [5.74, 6) is 0.851. The van der Waals surface area contributed by atoms with E-state index in [9.17, 15) is 4.79 Å². The lowest BCUT2D eigenvalue weighted by molar-refractivity contribution is -0.118. The zero-order chi connectivity index (χ0) is 14.4. The number of carbonyl (C=O) groups is 1. The topological polar surface area (TPSA) is 77.2 Å². The molecule has 104 valence electrons. The Morgan fingerprint density at radius 2 is 2.00 bits per heavy atom. The number of nitrogens with one attached hydrogen (secondary N) is 1. The average Bonchev–Trinajstić information content (AvgIpc) is 2.48. The van der Waals surface area contributed by atoms with E-state index >= 15 is 0 Å². The minimum absolute atomic E-state index is 0.0697. The molecule has 2 rings (SSSR count). The number of benzene rings is 1. The van der Waals surface area contributed by atoms with Gasteiger partial charge in [0.25, 0.3) is 5.91 Å². The fourth-order valence-electron chi connectivity index (χ4n) is 1.50. The van der Waals surface area contributed by atoms with Gasteiger partial charge in [-0.05, 0) is 45.8 Å². The molecule has 1 amide bonds. The first-order valence-corrected chi connectivity index (χ1v) is 6.80. The molecular formula is C14H14BrN3O2. The maximum absolute atomic E-state index is 11.7. The molecule has 1 heterocycles. The molecule has 3 N–H and O–H groups in total. The van der Waals surface area contributed by atoms with Gasteiger partial charge < -0.3 is 15.8 Å². The Kier molecular flexibility index (Phi) is 5.09. The van der Waals surface area contributed by atoms with Crippen molar-refractivity contribution >= 4 is 27.7 Å². The van der Waals surface area contributed by atoms with Crippen LogP contribution < -0.4 is 15.8 Å². The van der Waals surface area contributed by atoms with Gasteiger partial charge >= 0.3 is 0 Å². The minimum atomic E-state index is -0.261. The number of carbonyl (C=O) groups excluding carboxylic acids is 1. The molecule has 0 radical (unpaired) electrons. The third-order valence-corrected chi connectivity index (χ3v) is 2.99. The zero-order valence-electron chi connectivity index (χ0n) is 10.7. The second-order valence-electron chi connectivity index (χ2n) is 4.05. The molecule has 0 aliphatic rings. The monoisotopic (exact) mass is 335 g/mol. The Bertz CT molecular complexity index is 570. The van der Waals surface area contributed by atoms with Gasteiger partial charge in [0.15, 0.2) is 6.61 Å². The van der Waals surface area contributed by atoms with Crippen LogP contribution in [0.25, 0.3) is 0 Å². The number of hydrogen-bond acceptors (Lipinski definition) is 4. The number of pyridine rings is 1. The molecule has 0 saturated heterocycles. The van der Waals surface area contributed by atoms with E-state index in [2.05, 4.69) is 26.2 Å². The van der Waals surface area contributed by atoms with Crippen LogP contribution in [0.2, 0.25) is 0 Å². The van der Waals surface area contributed by atoms with Gasteiger partial charge in [-0.25, -0.2) is 4.98 Å². The predicted molar refractivity (Wildman–Crippen MR) is 80.4 cm³/mol.